The highest BCUT2D eigenvalue weighted by Crippen LogP contribution is 2.21. The van der Waals surface area contributed by atoms with Crippen molar-refractivity contribution < 1.29 is 5.11 Å². The smallest absolute Gasteiger partial charge is 0.271 e. The maximum absolute atomic E-state index is 11.0. The first-order valence-corrected chi connectivity index (χ1v) is 4.64. The Morgan fingerprint density at radius 2 is 2.25 bits per heavy atom. The molecular formula is C10H10N4O2. The highest BCUT2D eigenvalue weighted by atomic mass is 16.3. The molecule has 0 aliphatic rings. The van der Waals surface area contributed by atoms with Crippen molar-refractivity contribution in [3.63, 3.8) is 0 Å². The third-order valence-corrected chi connectivity index (χ3v) is 2.04. The van der Waals surface area contributed by atoms with Crippen LogP contribution in [0.3, 0.4) is 0 Å². The van der Waals surface area contributed by atoms with Crippen molar-refractivity contribution in [2.75, 3.05) is 5.32 Å². The molecule has 1 aromatic heterocycles. The molecule has 2 rings (SSSR count). The molecule has 6 nitrogen and oxygen atoms in total. The lowest BCUT2D eigenvalue weighted by Gasteiger charge is -2.07. The molecule has 6 heteroatoms. The van der Waals surface area contributed by atoms with E-state index in [2.05, 4.69) is 20.5 Å². The number of H-pyrrole nitrogens is 1. The lowest BCUT2D eigenvalue weighted by atomic mass is 10.2. The van der Waals surface area contributed by atoms with Crippen molar-refractivity contribution >= 4 is 11.6 Å². The molecule has 0 atom stereocenters. The lowest BCUT2D eigenvalue weighted by Crippen LogP contribution is -2.10. The van der Waals surface area contributed by atoms with Crippen molar-refractivity contribution in [2.45, 2.75) is 6.92 Å². The Labute approximate surface area is 91.0 Å². The van der Waals surface area contributed by atoms with Gasteiger partial charge in [0.25, 0.3) is 5.56 Å². The second kappa shape index (κ2) is 4.01. The van der Waals surface area contributed by atoms with E-state index in [1.54, 1.807) is 18.2 Å². The molecule has 3 N–H and O–H groups in total. The van der Waals surface area contributed by atoms with Crippen LogP contribution in [0.2, 0.25) is 0 Å². The van der Waals surface area contributed by atoms with E-state index >= 15 is 0 Å². The molecule has 0 unspecified atom stereocenters. The molecular weight excluding hydrogens is 208 g/mol. The van der Waals surface area contributed by atoms with Crippen LogP contribution in [0.15, 0.2) is 29.2 Å². The number of phenolic OH excluding ortho intramolecular Hbond substituents is 1. The quantitative estimate of drug-likeness (QED) is 0.652. The monoisotopic (exact) mass is 218 g/mol. The third-order valence-electron chi connectivity index (χ3n) is 2.04. The van der Waals surface area contributed by atoms with Gasteiger partial charge in [0.05, 0.1) is 0 Å². The molecule has 1 heterocycles. The molecule has 0 fully saturated rings. The molecule has 0 saturated carbocycles. The van der Waals surface area contributed by atoms with E-state index in [4.69, 9.17) is 0 Å². The van der Waals surface area contributed by atoms with Crippen molar-refractivity contribution in [3.05, 3.63) is 40.3 Å². The summed E-state index contributed by atoms with van der Waals surface area (Å²) in [4.78, 5) is 13.5. The van der Waals surface area contributed by atoms with E-state index in [-0.39, 0.29) is 17.3 Å². The molecule has 1 aromatic carbocycles. The standard InChI is InChI=1S/C10H10N4O2/c1-6-4-7(15)2-3-8(6)12-10-13-9(16)5-11-14-10/h2-5,15H,1H3,(H2,12,13,14,16). The summed E-state index contributed by atoms with van der Waals surface area (Å²) in [6.07, 6.45) is 1.09. The largest absolute Gasteiger partial charge is 0.508 e. The average molecular weight is 218 g/mol. The minimum atomic E-state index is -0.325. The van der Waals surface area contributed by atoms with Crippen LogP contribution in [0.25, 0.3) is 0 Å². The van der Waals surface area contributed by atoms with Crippen LogP contribution in [0, 0.1) is 6.92 Å². The number of nitrogens with one attached hydrogen (secondary N) is 2. The Balaban J connectivity index is 2.30. The molecule has 0 aliphatic carbocycles. The summed E-state index contributed by atoms with van der Waals surface area (Å²) in [7, 11) is 0. The molecule has 0 radical (unpaired) electrons. The van der Waals surface area contributed by atoms with E-state index < -0.39 is 0 Å². The highest BCUT2D eigenvalue weighted by molar-refractivity contribution is 5.59. The van der Waals surface area contributed by atoms with Crippen LogP contribution >= 0.6 is 0 Å². The fraction of sp³-hybridized carbons (Fsp3) is 0.100. The number of rotatable bonds is 2. The van der Waals surface area contributed by atoms with Gasteiger partial charge < -0.3 is 10.4 Å². The first-order chi connectivity index (χ1) is 7.65. The van der Waals surface area contributed by atoms with Crippen LogP contribution in [-0.4, -0.2) is 20.3 Å². The molecule has 0 amide bonds. The zero-order valence-corrected chi connectivity index (χ0v) is 8.56. The Hall–Kier alpha value is -2.37. The van der Waals surface area contributed by atoms with Gasteiger partial charge in [0.1, 0.15) is 11.9 Å². The van der Waals surface area contributed by atoms with Crippen LogP contribution in [-0.2, 0) is 0 Å². The maximum Gasteiger partial charge on any atom is 0.271 e. The fourth-order valence-electron chi connectivity index (χ4n) is 1.28. The lowest BCUT2D eigenvalue weighted by molar-refractivity contribution is 0.475. The molecule has 2 aromatic rings. The Bertz CT molecular complexity index is 565. The Morgan fingerprint density at radius 3 is 2.94 bits per heavy atom. The first kappa shape index (κ1) is 10.2. The van der Waals surface area contributed by atoms with Crippen LogP contribution in [0.1, 0.15) is 5.56 Å². The number of aromatic hydroxyl groups is 1. The number of anilines is 2. The second-order valence-corrected chi connectivity index (χ2v) is 3.31. The summed E-state index contributed by atoms with van der Waals surface area (Å²) in [5.41, 5.74) is 1.26. The average Bonchev–Trinajstić information content (AvgIpc) is 2.22. The number of aromatic nitrogens is 3. The van der Waals surface area contributed by atoms with Crippen molar-refractivity contribution in [3.8, 4) is 5.75 Å². The zero-order chi connectivity index (χ0) is 11.5. The number of hydrogen-bond donors (Lipinski definition) is 3. The summed E-state index contributed by atoms with van der Waals surface area (Å²) < 4.78 is 0. The minimum absolute atomic E-state index is 0.190. The molecule has 0 bridgehead atoms. The van der Waals surface area contributed by atoms with E-state index in [0.29, 0.717) is 0 Å². The van der Waals surface area contributed by atoms with Crippen molar-refractivity contribution in [1.29, 1.82) is 0 Å². The normalized spacial score (nSPS) is 10.1. The van der Waals surface area contributed by atoms with E-state index in [0.717, 1.165) is 17.4 Å². The van der Waals surface area contributed by atoms with Gasteiger partial charge in [-0.05, 0) is 30.7 Å². The van der Waals surface area contributed by atoms with Gasteiger partial charge in [0.2, 0.25) is 5.95 Å². The summed E-state index contributed by atoms with van der Waals surface area (Å²) >= 11 is 0. The van der Waals surface area contributed by atoms with E-state index in [9.17, 15) is 9.90 Å². The number of nitrogens with zero attached hydrogens (tertiary/aromatic N) is 2. The molecule has 82 valence electrons. The van der Waals surface area contributed by atoms with Crippen molar-refractivity contribution in [1.82, 2.24) is 15.2 Å². The molecule has 16 heavy (non-hydrogen) atoms. The predicted molar refractivity (Wildman–Crippen MR) is 58.8 cm³/mol. The zero-order valence-electron chi connectivity index (χ0n) is 8.56. The van der Waals surface area contributed by atoms with Gasteiger partial charge in [-0.1, -0.05) is 0 Å². The SMILES string of the molecule is Cc1cc(O)ccc1Nc1nncc(=O)[nH]1. The van der Waals surface area contributed by atoms with Gasteiger partial charge in [-0.3, -0.25) is 9.78 Å². The number of aromatic amines is 1. The maximum atomic E-state index is 11.0. The first-order valence-electron chi connectivity index (χ1n) is 4.64. The Morgan fingerprint density at radius 1 is 1.44 bits per heavy atom. The summed E-state index contributed by atoms with van der Waals surface area (Å²) in [5.74, 6) is 0.456. The topological polar surface area (TPSA) is 90.9 Å². The summed E-state index contributed by atoms with van der Waals surface area (Å²) in [6.45, 7) is 1.83. The van der Waals surface area contributed by atoms with Crippen LogP contribution in [0.4, 0.5) is 11.6 Å². The van der Waals surface area contributed by atoms with E-state index in [1.807, 2.05) is 6.92 Å². The summed E-state index contributed by atoms with van der Waals surface area (Å²) in [5, 5.41) is 19.4. The number of hydrogen-bond acceptors (Lipinski definition) is 5. The van der Waals surface area contributed by atoms with Gasteiger partial charge in [-0.15, -0.1) is 10.2 Å². The van der Waals surface area contributed by atoms with Gasteiger partial charge in [0.15, 0.2) is 0 Å². The van der Waals surface area contributed by atoms with Crippen LogP contribution in [0.5, 0.6) is 5.75 Å². The third kappa shape index (κ3) is 2.17. The van der Waals surface area contributed by atoms with Crippen molar-refractivity contribution in [2.24, 2.45) is 0 Å². The molecule has 0 spiro atoms. The number of phenols is 1. The molecule has 0 saturated heterocycles. The summed E-state index contributed by atoms with van der Waals surface area (Å²) in [6, 6.07) is 4.85. The second-order valence-electron chi connectivity index (χ2n) is 3.31. The van der Waals surface area contributed by atoms with Gasteiger partial charge in [0, 0.05) is 5.69 Å². The number of aryl methyl sites for hydroxylation is 1. The van der Waals surface area contributed by atoms with E-state index in [1.165, 1.54) is 0 Å². The number of benzene rings is 1. The van der Waals surface area contributed by atoms with Gasteiger partial charge in [-0.2, -0.15) is 0 Å². The van der Waals surface area contributed by atoms with Gasteiger partial charge in [-0.25, -0.2) is 0 Å². The predicted octanol–water partition coefficient (Wildman–Crippen LogP) is 0.923. The minimum Gasteiger partial charge on any atom is -0.508 e. The molecule has 0 aliphatic heterocycles. The van der Waals surface area contributed by atoms with Crippen LogP contribution < -0.4 is 10.9 Å². The Kier molecular flexibility index (Phi) is 2.55. The highest BCUT2D eigenvalue weighted by Gasteiger charge is 2.01. The fourth-order valence-corrected chi connectivity index (χ4v) is 1.28. The van der Waals surface area contributed by atoms with Gasteiger partial charge >= 0.3 is 0 Å².